The van der Waals surface area contributed by atoms with Crippen LogP contribution in [-0.4, -0.2) is 21.6 Å². The van der Waals surface area contributed by atoms with Crippen molar-refractivity contribution in [2.75, 3.05) is 0 Å². The van der Waals surface area contributed by atoms with Gasteiger partial charge in [-0.05, 0) is 111 Å². The summed E-state index contributed by atoms with van der Waals surface area (Å²) in [6, 6.07) is 30.2. The number of aryl methyl sites for hydroxylation is 1. The average molecular weight is 879 g/mol. The average Bonchev–Trinajstić information content (AvgIpc) is 4.02. The second kappa shape index (κ2) is 20.7. The lowest BCUT2D eigenvalue weighted by Crippen LogP contribution is -2.18. The molecule has 3 aromatic carbocycles. The van der Waals surface area contributed by atoms with Crippen molar-refractivity contribution < 1.29 is 0 Å². The molecule has 0 aliphatic heterocycles. The molecule has 328 valence electrons. The molecule has 6 aromatic rings. The van der Waals surface area contributed by atoms with Gasteiger partial charge in [0.05, 0.1) is 29.0 Å². The highest BCUT2D eigenvalue weighted by Crippen LogP contribution is 2.47. The van der Waals surface area contributed by atoms with Gasteiger partial charge in [0, 0.05) is 55.2 Å². The molecule has 0 fully saturated rings. The lowest BCUT2D eigenvalue weighted by molar-refractivity contribution is 0.665. The summed E-state index contributed by atoms with van der Waals surface area (Å²) in [7, 11) is 0. The van der Waals surface area contributed by atoms with Gasteiger partial charge in [-0.3, -0.25) is 9.56 Å². The number of fused-ring (bicyclic) bond motifs is 3. The largest absolute Gasteiger partial charge is 0.310 e. The minimum atomic E-state index is -0.0464. The first-order valence-electron chi connectivity index (χ1n) is 22.9. The fourth-order valence-electron chi connectivity index (χ4n) is 9.41. The standard InChI is InChI=1S/C61H58N4S/c1-9-16-31-47(12-4)64-54(25-11-3)49(14-6)51-36-33-42(39-56(51)64)28-23-32-55-50(15-7)52-37-34-44(24-10-2)48(13-5)59(52)65(55)61(62-8)58-53(63-41-43-26-19-17-20-27-43)38-35-46-40-57(66-60(46)58)45-29-21-18-22-30-45/h9-13,15-27,29-40,44,48H,4-5,7-8,14,28,41H2,1-3,6H3/b16-9-,24-10-,25-11-,32-23-,47-31+,61-58-,63-53?. The molecule has 0 bridgehead atoms. The number of aromatic nitrogens is 2. The molecule has 0 saturated carbocycles. The van der Waals surface area contributed by atoms with Gasteiger partial charge in [-0.25, -0.2) is 4.99 Å². The number of rotatable bonds is 16. The van der Waals surface area contributed by atoms with Gasteiger partial charge in [0.1, 0.15) is 5.82 Å². The Morgan fingerprint density at radius 3 is 2.29 bits per heavy atom. The molecule has 0 spiro atoms. The molecule has 0 N–H and O–H groups in total. The zero-order valence-electron chi connectivity index (χ0n) is 38.6. The van der Waals surface area contributed by atoms with E-state index in [9.17, 15) is 0 Å². The van der Waals surface area contributed by atoms with E-state index < -0.39 is 0 Å². The van der Waals surface area contributed by atoms with Gasteiger partial charge in [-0.1, -0.05) is 160 Å². The quantitative estimate of drug-likeness (QED) is 0.0527. The summed E-state index contributed by atoms with van der Waals surface area (Å²) in [5.74, 6) is 0.784. The number of hydrogen-bond donors (Lipinski definition) is 0. The third kappa shape index (κ3) is 8.62. The van der Waals surface area contributed by atoms with Crippen LogP contribution in [0.2, 0.25) is 0 Å². The monoisotopic (exact) mass is 878 g/mol. The Kier molecular flexibility index (Phi) is 14.2. The molecule has 5 heteroatoms. The van der Waals surface area contributed by atoms with E-state index in [-0.39, 0.29) is 11.8 Å². The van der Waals surface area contributed by atoms with E-state index in [1.807, 2.05) is 31.2 Å². The molecule has 2 aliphatic carbocycles. The van der Waals surface area contributed by atoms with Crippen LogP contribution >= 0.6 is 11.3 Å². The first-order valence-corrected chi connectivity index (χ1v) is 23.7. The first kappa shape index (κ1) is 45.2. The number of benzene rings is 3. The van der Waals surface area contributed by atoms with Crippen LogP contribution in [0.15, 0.2) is 181 Å². The second-order valence-electron chi connectivity index (χ2n) is 16.3. The Hall–Kier alpha value is -7.34. The Labute approximate surface area is 395 Å². The van der Waals surface area contributed by atoms with Crippen LogP contribution in [0, 0.1) is 5.92 Å². The predicted octanol–water partition coefficient (Wildman–Crippen LogP) is 16.5. The lowest BCUT2D eigenvalue weighted by atomic mass is 9.82. The number of nitrogens with zero attached hydrogens (tertiary/aromatic N) is 4. The maximum Gasteiger partial charge on any atom is 0.147 e. The minimum Gasteiger partial charge on any atom is -0.310 e. The van der Waals surface area contributed by atoms with Crippen molar-refractivity contribution in [1.82, 2.24) is 9.13 Å². The highest BCUT2D eigenvalue weighted by atomic mass is 32.1. The molecule has 0 amide bonds. The molecule has 3 heterocycles. The molecule has 66 heavy (non-hydrogen) atoms. The van der Waals surface area contributed by atoms with E-state index >= 15 is 0 Å². The van der Waals surface area contributed by atoms with E-state index in [4.69, 9.17) is 9.98 Å². The number of aliphatic imine (C=N–C) groups is 2. The van der Waals surface area contributed by atoms with Crippen LogP contribution in [0.5, 0.6) is 0 Å². The lowest BCUT2D eigenvalue weighted by Gasteiger charge is -2.27. The third-order valence-corrected chi connectivity index (χ3v) is 13.6. The SMILES string of the molecule is C=C/C(=C\C=C/C)n1c(/C=C\C)c(CC)c2ccc(C/C=C\c3c(C=C)c4c(n3/C(N=C)=C3/C(=NCc5ccccc5)C=Cc5cc(-c6ccccc6)sc53)C(C=C)C(/C=C\C)C=C4)cc21. The van der Waals surface area contributed by atoms with Crippen molar-refractivity contribution in [2.45, 2.75) is 53.0 Å². The molecule has 0 saturated heterocycles. The van der Waals surface area contributed by atoms with Crippen molar-refractivity contribution >= 4 is 82.1 Å². The Balaban J connectivity index is 1.35. The minimum absolute atomic E-state index is 0.0464. The maximum absolute atomic E-state index is 5.33. The summed E-state index contributed by atoms with van der Waals surface area (Å²) >= 11 is 1.77. The first-order chi connectivity index (χ1) is 32.4. The molecule has 8 rings (SSSR count). The molecular weight excluding hydrogens is 821 g/mol. The van der Waals surface area contributed by atoms with Crippen LogP contribution in [0.1, 0.15) is 89.0 Å². The normalized spacial score (nSPS) is 17.5. The van der Waals surface area contributed by atoms with Crippen LogP contribution in [0.4, 0.5) is 0 Å². The molecule has 2 atom stereocenters. The summed E-state index contributed by atoms with van der Waals surface area (Å²) in [6.07, 6.45) is 36.0. The fraction of sp³-hybridized carbons (Fsp3) is 0.148. The van der Waals surface area contributed by atoms with E-state index in [1.54, 1.807) is 11.3 Å². The molecule has 0 radical (unpaired) electrons. The molecular formula is C61H58N4S. The predicted molar refractivity (Wildman–Crippen MR) is 292 cm³/mol. The zero-order chi connectivity index (χ0) is 46.2. The Morgan fingerprint density at radius 1 is 0.818 bits per heavy atom. The molecule has 3 aromatic heterocycles. The summed E-state index contributed by atoms with van der Waals surface area (Å²) in [4.78, 5) is 12.6. The van der Waals surface area contributed by atoms with Gasteiger partial charge in [-0.2, -0.15) is 0 Å². The summed E-state index contributed by atoms with van der Waals surface area (Å²) in [5, 5.41) is 1.25. The smallest absolute Gasteiger partial charge is 0.147 e. The third-order valence-electron chi connectivity index (χ3n) is 12.4. The molecule has 4 nitrogen and oxygen atoms in total. The topological polar surface area (TPSA) is 34.6 Å². The fourth-order valence-corrected chi connectivity index (χ4v) is 10.6. The highest BCUT2D eigenvalue weighted by Gasteiger charge is 2.34. The van der Waals surface area contributed by atoms with E-state index in [2.05, 4.69) is 214 Å². The van der Waals surface area contributed by atoms with E-state index in [0.717, 1.165) is 67.7 Å². The van der Waals surface area contributed by atoms with Crippen molar-refractivity contribution in [1.29, 1.82) is 0 Å². The molecule has 2 unspecified atom stereocenters. The summed E-state index contributed by atoms with van der Waals surface area (Å²) in [5.41, 5.74) is 15.4. The Morgan fingerprint density at radius 2 is 1.61 bits per heavy atom. The van der Waals surface area contributed by atoms with Crippen LogP contribution < -0.4 is 0 Å². The molecule has 2 aliphatic rings. The van der Waals surface area contributed by atoms with Crippen molar-refractivity contribution in [3.63, 3.8) is 0 Å². The van der Waals surface area contributed by atoms with E-state index in [0.29, 0.717) is 13.0 Å². The van der Waals surface area contributed by atoms with Crippen molar-refractivity contribution in [3.8, 4) is 10.4 Å². The number of allylic oxidation sites excluding steroid dienone is 13. The maximum atomic E-state index is 5.33. The van der Waals surface area contributed by atoms with Gasteiger partial charge >= 0.3 is 0 Å². The summed E-state index contributed by atoms with van der Waals surface area (Å²) < 4.78 is 4.67. The number of hydrogen-bond acceptors (Lipinski definition) is 3. The van der Waals surface area contributed by atoms with Gasteiger partial charge < -0.3 is 4.57 Å². The van der Waals surface area contributed by atoms with Gasteiger partial charge in [-0.15, -0.1) is 17.9 Å². The highest BCUT2D eigenvalue weighted by molar-refractivity contribution is 7.17. The number of thiophene rings is 1. The second-order valence-corrected chi connectivity index (χ2v) is 17.4. The van der Waals surface area contributed by atoms with Gasteiger partial charge in [0.2, 0.25) is 0 Å². The van der Waals surface area contributed by atoms with Crippen LogP contribution in [0.25, 0.3) is 68.8 Å². The van der Waals surface area contributed by atoms with E-state index in [1.165, 1.54) is 38.2 Å². The van der Waals surface area contributed by atoms with Crippen LogP contribution in [-0.2, 0) is 19.4 Å². The van der Waals surface area contributed by atoms with Gasteiger partial charge in [0.25, 0.3) is 0 Å². The van der Waals surface area contributed by atoms with Gasteiger partial charge in [0.15, 0.2) is 0 Å². The van der Waals surface area contributed by atoms with Crippen molar-refractivity contribution in [3.05, 3.63) is 227 Å². The summed E-state index contributed by atoms with van der Waals surface area (Å²) in [6.45, 7) is 26.3. The van der Waals surface area contributed by atoms with Crippen LogP contribution in [0.3, 0.4) is 0 Å². The van der Waals surface area contributed by atoms with Crippen molar-refractivity contribution in [2.24, 2.45) is 15.9 Å². The zero-order valence-corrected chi connectivity index (χ0v) is 39.4. The Bertz CT molecular complexity index is 3100.